The number of nitrogens with one attached hydrogen (secondary N) is 1. The van der Waals surface area contributed by atoms with Gasteiger partial charge in [-0.1, -0.05) is 19.1 Å². The second-order valence-electron chi connectivity index (χ2n) is 5.55. The molecular formula is C17H25N3O. The number of aromatic nitrogens is 2. The van der Waals surface area contributed by atoms with E-state index in [1.165, 1.54) is 16.7 Å². The van der Waals surface area contributed by atoms with Crippen LogP contribution in [0.15, 0.2) is 24.5 Å². The van der Waals surface area contributed by atoms with Gasteiger partial charge in [-0.05, 0) is 43.5 Å². The minimum absolute atomic E-state index is 0.558. The van der Waals surface area contributed by atoms with Crippen LogP contribution in [-0.2, 0) is 20.2 Å². The third-order valence-corrected chi connectivity index (χ3v) is 3.42. The molecule has 1 aromatic carbocycles. The van der Waals surface area contributed by atoms with Gasteiger partial charge in [-0.3, -0.25) is 4.68 Å². The van der Waals surface area contributed by atoms with Crippen LogP contribution >= 0.6 is 0 Å². The van der Waals surface area contributed by atoms with E-state index in [9.17, 15) is 0 Å². The van der Waals surface area contributed by atoms with Gasteiger partial charge in [-0.25, -0.2) is 0 Å². The van der Waals surface area contributed by atoms with E-state index >= 15 is 0 Å². The van der Waals surface area contributed by atoms with Crippen LogP contribution in [0.4, 0.5) is 0 Å². The van der Waals surface area contributed by atoms with Crippen molar-refractivity contribution in [3.63, 3.8) is 0 Å². The molecule has 114 valence electrons. The summed E-state index contributed by atoms with van der Waals surface area (Å²) in [6.45, 7) is 8.92. The number of hydrogen-bond donors (Lipinski definition) is 1. The van der Waals surface area contributed by atoms with Crippen molar-refractivity contribution in [2.75, 3.05) is 6.54 Å². The topological polar surface area (TPSA) is 39.1 Å². The normalized spacial score (nSPS) is 10.9. The van der Waals surface area contributed by atoms with Crippen LogP contribution < -0.4 is 10.1 Å². The molecule has 0 saturated heterocycles. The molecule has 0 bridgehead atoms. The molecule has 21 heavy (non-hydrogen) atoms. The van der Waals surface area contributed by atoms with Gasteiger partial charge >= 0.3 is 0 Å². The SMILES string of the molecule is CCCNCc1cc(C)c(OCc2cnn(C)c2)c(C)c1. The van der Waals surface area contributed by atoms with Crippen LogP contribution in [0.25, 0.3) is 0 Å². The summed E-state index contributed by atoms with van der Waals surface area (Å²) in [5.41, 5.74) is 4.77. The summed E-state index contributed by atoms with van der Waals surface area (Å²) in [5.74, 6) is 0.984. The Bertz CT molecular complexity index is 566. The van der Waals surface area contributed by atoms with Crippen molar-refractivity contribution in [3.8, 4) is 5.75 Å². The van der Waals surface area contributed by atoms with Crippen molar-refractivity contribution >= 4 is 0 Å². The van der Waals surface area contributed by atoms with E-state index in [1.807, 2.05) is 19.4 Å². The summed E-state index contributed by atoms with van der Waals surface area (Å²) in [7, 11) is 1.91. The highest BCUT2D eigenvalue weighted by atomic mass is 16.5. The fourth-order valence-electron chi connectivity index (χ4n) is 2.48. The maximum atomic E-state index is 5.97. The number of aryl methyl sites for hydroxylation is 3. The van der Waals surface area contributed by atoms with Crippen LogP contribution in [0.3, 0.4) is 0 Å². The summed E-state index contributed by atoms with van der Waals surface area (Å²) in [4.78, 5) is 0. The highest BCUT2D eigenvalue weighted by Gasteiger charge is 2.07. The molecule has 0 unspecified atom stereocenters. The maximum absolute atomic E-state index is 5.97. The second-order valence-corrected chi connectivity index (χ2v) is 5.55. The molecule has 0 amide bonds. The number of hydrogen-bond acceptors (Lipinski definition) is 3. The zero-order valence-electron chi connectivity index (χ0n) is 13.4. The fraction of sp³-hybridized carbons (Fsp3) is 0.471. The van der Waals surface area contributed by atoms with Crippen molar-refractivity contribution in [1.29, 1.82) is 0 Å². The van der Waals surface area contributed by atoms with E-state index < -0.39 is 0 Å². The summed E-state index contributed by atoms with van der Waals surface area (Å²) >= 11 is 0. The first kappa shape index (κ1) is 15.6. The molecule has 0 aliphatic heterocycles. The summed E-state index contributed by atoms with van der Waals surface area (Å²) in [6.07, 6.45) is 4.98. The lowest BCUT2D eigenvalue weighted by atomic mass is 10.1. The lowest BCUT2D eigenvalue weighted by Crippen LogP contribution is -2.14. The molecule has 1 N–H and O–H groups in total. The third kappa shape index (κ3) is 4.33. The summed E-state index contributed by atoms with van der Waals surface area (Å²) in [6, 6.07) is 4.41. The van der Waals surface area contributed by atoms with E-state index in [-0.39, 0.29) is 0 Å². The van der Waals surface area contributed by atoms with Gasteiger partial charge in [0.1, 0.15) is 12.4 Å². The van der Waals surface area contributed by atoms with Crippen LogP contribution in [0, 0.1) is 13.8 Å². The zero-order chi connectivity index (χ0) is 15.2. The highest BCUT2D eigenvalue weighted by molar-refractivity contribution is 5.43. The van der Waals surface area contributed by atoms with Gasteiger partial charge in [0.2, 0.25) is 0 Å². The Balaban J connectivity index is 2.02. The zero-order valence-corrected chi connectivity index (χ0v) is 13.4. The molecule has 0 aliphatic rings. The van der Waals surface area contributed by atoms with E-state index in [2.05, 4.69) is 43.3 Å². The minimum atomic E-state index is 0.558. The molecule has 0 aliphatic carbocycles. The Morgan fingerprint density at radius 2 is 1.90 bits per heavy atom. The number of nitrogens with zero attached hydrogens (tertiary/aromatic N) is 2. The Morgan fingerprint density at radius 1 is 1.19 bits per heavy atom. The minimum Gasteiger partial charge on any atom is -0.488 e. The quantitative estimate of drug-likeness (QED) is 0.795. The van der Waals surface area contributed by atoms with Gasteiger partial charge in [0.15, 0.2) is 0 Å². The average molecular weight is 287 g/mol. The first-order valence-electron chi connectivity index (χ1n) is 7.51. The van der Waals surface area contributed by atoms with Crippen molar-refractivity contribution in [3.05, 3.63) is 46.8 Å². The van der Waals surface area contributed by atoms with Gasteiger partial charge in [0, 0.05) is 25.4 Å². The second kappa shape index (κ2) is 7.27. The van der Waals surface area contributed by atoms with E-state index in [0.29, 0.717) is 6.61 Å². The predicted molar refractivity (Wildman–Crippen MR) is 85.5 cm³/mol. The molecule has 0 radical (unpaired) electrons. The number of ether oxygens (including phenoxy) is 1. The smallest absolute Gasteiger partial charge is 0.125 e. The lowest BCUT2D eigenvalue weighted by molar-refractivity contribution is 0.301. The van der Waals surface area contributed by atoms with Gasteiger partial charge in [0.25, 0.3) is 0 Å². The summed E-state index contributed by atoms with van der Waals surface area (Å²) in [5, 5.41) is 7.59. The van der Waals surface area contributed by atoms with E-state index in [0.717, 1.165) is 30.8 Å². The molecule has 0 atom stereocenters. The fourth-order valence-corrected chi connectivity index (χ4v) is 2.48. The molecule has 4 nitrogen and oxygen atoms in total. The standard InChI is InChI=1S/C17H25N3O/c1-5-6-18-9-15-7-13(2)17(14(3)8-15)21-12-16-10-19-20(4)11-16/h7-8,10-11,18H,5-6,9,12H2,1-4H3. The van der Waals surface area contributed by atoms with Crippen molar-refractivity contribution in [1.82, 2.24) is 15.1 Å². The Morgan fingerprint density at radius 3 is 2.48 bits per heavy atom. The Kier molecular flexibility index (Phi) is 5.39. The molecule has 2 rings (SSSR count). The van der Waals surface area contributed by atoms with Crippen LogP contribution in [0.1, 0.15) is 35.6 Å². The van der Waals surface area contributed by atoms with Gasteiger partial charge in [0.05, 0.1) is 6.20 Å². The molecule has 0 saturated carbocycles. The Hall–Kier alpha value is -1.81. The number of benzene rings is 1. The first-order valence-corrected chi connectivity index (χ1v) is 7.51. The molecule has 2 aromatic rings. The lowest BCUT2D eigenvalue weighted by Gasteiger charge is -2.14. The van der Waals surface area contributed by atoms with Crippen molar-refractivity contribution < 1.29 is 4.74 Å². The van der Waals surface area contributed by atoms with Crippen molar-refractivity contribution in [2.45, 2.75) is 40.3 Å². The third-order valence-electron chi connectivity index (χ3n) is 3.42. The van der Waals surface area contributed by atoms with Gasteiger partial charge < -0.3 is 10.1 Å². The average Bonchev–Trinajstić information content (AvgIpc) is 2.84. The molecular weight excluding hydrogens is 262 g/mol. The molecule has 1 heterocycles. The van der Waals surface area contributed by atoms with Crippen LogP contribution in [0.5, 0.6) is 5.75 Å². The molecule has 0 spiro atoms. The Labute approximate surface area is 127 Å². The first-order chi connectivity index (χ1) is 10.1. The number of rotatable bonds is 7. The largest absolute Gasteiger partial charge is 0.488 e. The highest BCUT2D eigenvalue weighted by Crippen LogP contribution is 2.25. The van der Waals surface area contributed by atoms with Crippen molar-refractivity contribution in [2.24, 2.45) is 7.05 Å². The molecule has 4 heteroatoms. The monoisotopic (exact) mass is 287 g/mol. The van der Waals surface area contributed by atoms with Crippen LogP contribution in [-0.4, -0.2) is 16.3 Å². The van der Waals surface area contributed by atoms with Gasteiger partial charge in [-0.2, -0.15) is 5.10 Å². The molecule has 1 aromatic heterocycles. The van der Waals surface area contributed by atoms with E-state index in [1.54, 1.807) is 4.68 Å². The predicted octanol–water partition coefficient (Wildman–Crippen LogP) is 3.12. The molecule has 0 fully saturated rings. The van der Waals surface area contributed by atoms with Crippen LogP contribution in [0.2, 0.25) is 0 Å². The maximum Gasteiger partial charge on any atom is 0.125 e. The summed E-state index contributed by atoms with van der Waals surface area (Å²) < 4.78 is 7.77. The van der Waals surface area contributed by atoms with E-state index in [4.69, 9.17) is 4.74 Å². The van der Waals surface area contributed by atoms with Gasteiger partial charge in [-0.15, -0.1) is 0 Å².